The standard InChI is InChI=1S/C11H16O7/c1-5-9(16-6(2)12)10(17-7(3)13)11(15-5)18-8(4)14/h5,9-11H,1-4H3/t5-,9-,10?,11+/m1/s1. The molecule has 1 rings (SSSR count). The normalized spacial score (nSPS) is 30.7. The highest BCUT2D eigenvalue weighted by molar-refractivity contribution is 5.68. The van der Waals surface area contributed by atoms with Crippen molar-refractivity contribution >= 4 is 17.9 Å². The quantitative estimate of drug-likeness (QED) is 0.527. The number of carbonyl (C=O) groups excluding carboxylic acids is 3. The van der Waals surface area contributed by atoms with Crippen LogP contribution in [-0.4, -0.2) is 42.5 Å². The van der Waals surface area contributed by atoms with Gasteiger partial charge in [0.1, 0.15) is 0 Å². The third-order valence-corrected chi connectivity index (χ3v) is 2.29. The van der Waals surface area contributed by atoms with Crippen molar-refractivity contribution in [3.05, 3.63) is 0 Å². The van der Waals surface area contributed by atoms with Crippen LogP contribution >= 0.6 is 0 Å². The van der Waals surface area contributed by atoms with Gasteiger partial charge in [0.05, 0.1) is 6.10 Å². The second kappa shape index (κ2) is 5.81. The molecule has 1 aliphatic heterocycles. The highest BCUT2D eigenvalue weighted by Gasteiger charge is 2.49. The van der Waals surface area contributed by atoms with Crippen LogP contribution < -0.4 is 0 Å². The van der Waals surface area contributed by atoms with Crippen molar-refractivity contribution in [1.82, 2.24) is 0 Å². The molecule has 0 bridgehead atoms. The molecule has 7 heteroatoms. The Balaban J connectivity index is 2.83. The minimum Gasteiger partial charge on any atom is -0.456 e. The number of ether oxygens (including phenoxy) is 4. The second-order valence-electron chi connectivity index (χ2n) is 3.97. The summed E-state index contributed by atoms with van der Waals surface area (Å²) in [5.41, 5.74) is 0. The van der Waals surface area contributed by atoms with Crippen molar-refractivity contribution < 1.29 is 33.3 Å². The number of rotatable bonds is 3. The summed E-state index contributed by atoms with van der Waals surface area (Å²) in [4.78, 5) is 32.9. The fourth-order valence-corrected chi connectivity index (χ4v) is 1.72. The van der Waals surface area contributed by atoms with E-state index in [9.17, 15) is 14.4 Å². The highest BCUT2D eigenvalue weighted by Crippen LogP contribution is 2.27. The average Bonchev–Trinajstić information content (AvgIpc) is 2.43. The van der Waals surface area contributed by atoms with Crippen LogP contribution in [0, 0.1) is 0 Å². The van der Waals surface area contributed by atoms with Gasteiger partial charge in [-0.1, -0.05) is 0 Å². The van der Waals surface area contributed by atoms with Crippen LogP contribution in [0.4, 0.5) is 0 Å². The number of esters is 3. The fraction of sp³-hybridized carbons (Fsp3) is 0.727. The lowest BCUT2D eigenvalue weighted by Gasteiger charge is -2.22. The zero-order valence-corrected chi connectivity index (χ0v) is 10.7. The van der Waals surface area contributed by atoms with Gasteiger partial charge in [-0.05, 0) is 6.92 Å². The highest BCUT2D eigenvalue weighted by atomic mass is 16.7. The molecule has 7 nitrogen and oxygen atoms in total. The Hall–Kier alpha value is -1.63. The first-order valence-electron chi connectivity index (χ1n) is 5.48. The van der Waals surface area contributed by atoms with E-state index in [1.165, 1.54) is 20.8 Å². The van der Waals surface area contributed by atoms with E-state index in [0.29, 0.717) is 0 Å². The van der Waals surface area contributed by atoms with E-state index in [2.05, 4.69) is 0 Å². The molecule has 0 N–H and O–H groups in total. The largest absolute Gasteiger partial charge is 0.456 e. The molecule has 0 aromatic carbocycles. The van der Waals surface area contributed by atoms with E-state index in [1.807, 2.05) is 0 Å². The zero-order chi connectivity index (χ0) is 13.9. The van der Waals surface area contributed by atoms with Crippen LogP contribution in [0.3, 0.4) is 0 Å². The lowest BCUT2D eigenvalue weighted by Crippen LogP contribution is -2.40. The Kier molecular flexibility index (Phi) is 4.66. The SMILES string of the molecule is CC(=O)OC1[C@H](OC(C)=O)O[C@H](C)[C@H]1OC(C)=O. The zero-order valence-electron chi connectivity index (χ0n) is 10.7. The molecule has 102 valence electrons. The van der Waals surface area contributed by atoms with Gasteiger partial charge in [-0.15, -0.1) is 0 Å². The van der Waals surface area contributed by atoms with Gasteiger partial charge in [0.2, 0.25) is 12.4 Å². The molecule has 1 aliphatic rings. The summed E-state index contributed by atoms with van der Waals surface area (Å²) in [6.07, 6.45) is -3.35. The molecule has 1 saturated heterocycles. The summed E-state index contributed by atoms with van der Waals surface area (Å²) >= 11 is 0. The third-order valence-electron chi connectivity index (χ3n) is 2.29. The van der Waals surface area contributed by atoms with Gasteiger partial charge < -0.3 is 18.9 Å². The Morgan fingerprint density at radius 1 is 0.833 bits per heavy atom. The van der Waals surface area contributed by atoms with Crippen LogP contribution in [0.15, 0.2) is 0 Å². The molecule has 0 aromatic rings. The van der Waals surface area contributed by atoms with Gasteiger partial charge in [-0.3, -0.25) is 14.4 Å². The minimum atomic E-state index is -1.06. The van der Waals surface area contributed by atoms with E-state index in [0.717, 1.165) is 0 Å². The third kappa shape index (κ3) is 3.69. The molecule has 0 radical (unpaired) electrons. The first-order chi connectivity index (χ1) is 8.31. The maximum Gasteiger partial charge on any atom is 0.305 e. The monoisotopic (exact) mass is 260 g/mol. The first-order valence-corrected chi connectivity index (χ1v) is 5.48. The molecule has 1 unspecified atom stereocenters. The Labute approximate surface area is 104 Å². The Bertz CT molecular complexity index is 351. The lowest BCUT2D eigenvalue weighted by atomic mass is 10.1. The van der Waals surface area contributed by atoms with Gasteiger partial charge in [0, 0.05) is 20.8 Å². The molecule has 1 heterocycles. The summed E-state index contributed by atoms with van der Waals surface area (Å²) in [5.74, 6) is -1.68. The first kappa shape index (κ1) is 14.4. The van der Waals surface area contributed by atoms with E-state index in [-0.39, 0.29) is 0 Å². The van der Waals surface area contributed by atoms with E-state index >= 15 is 0 Å². The van der Waals surface area contributed by atoms with Gasteiger partial charge in [-0.2, -0.15) is 0 Å². The van der Waals surface area contributed by atoms with Crippen molar-refractivity contribution in [3.63, 3.8) is 0 Å². The molecular weight excluding hydrogens is 244 g/mol. The van der Waals surface area contributed by atoms with Gasteiger partial charge >= 0.3 is 17.9 Å². The van der Waals surface area contributed by atoms with Crippen LogP contribution in [0.5, 0.6) is 0 Å². The van der Waals surface area contributed by atoms with Crippen LogP contribution in [0.2, 0.25) is 0 Å². The molecule has 0 aliphatic carbocycles. The number of carbonyl (C=O) groups is 3. The van der Waals surface area contributed by atoms with E-state index < -0.39 is 42.5 Å². The topological polar surface area (TPSA) is 88.1 Å². The van der Waals surface area contributed by atoms with Crippen molar-refractivity contribution in [1.29, 1.82) is 0 Å². The van der Waals surface area contributed by atoms with E-state index in [1.54, 1.807) is 6.92 Å². The number of hydrogen-bond acceptors (Lipinski definition) is 7. The Morgan fingerprint density at radius 3 is 1.72 bits per heavy atom. The summed E-state index contributed by atoms with van der Waals surface area (Å²) < 4.78 is 20.2. The van der Waals surface area contributed by atoms with Crippen molar-refractivity contribution in [2.75, 3.05) is 0 Å². The predicted molar refractivity (Wildman–Crippen MR) is 57.2 cm³/mol. The van der Waals surface area contributed by atoms with Crippen LogP contribution in [0.1, 0.15) is 27.7 Å². The fourth-order valence-electron chi connectivity index (χ4n) is 1.72. The molecule has 0 aromatic heterocycles. The summed E-state index contributed by atoms with van der Waals surface area (Å²) in [5, 5.41) is 0. The smallest absolute Gasteiger partial charge is 0.305 e. The minimum absolute atomic E-state index is 0.531. The predicted octanol–water partition coefficient (Wildman–Crippen LogP) is 0.158. The number of hydrogen-bond donors (Lipinski definition) is 0. The second-order valence-corrected chi connectivity index (χ2v) is 3.97. The van der Waals surface area contributed by atoms with E-state index in [4.69, 9.17) is 18.9 Å². The summed E-state index contributed by atoms with van der Waals surface area (Å²) in [6, 6.07) is 0. The molecule has 0 saturated carbocycles. The van der Waals surface area contributed by atoms with Crippen molar-refractivity contribution in [3.8, 4) is 0 Å². The van der Waals surface area contributed by atoms with Gasteiger partial charge in [0.25, 0.3) is 0 Å². The van der Waals surface area contributed by atoms with Crippen molar-refractivity contribution in [2.45, 2.75) is 52.3 Å². The average molecular weight is 260 g/mol. The molecular formula is C11H16O7. The summed E-state index contributed by atoms with van der Waals surface area (Å²) in [7, 11) is 0. The molecule has 18 heavy (non-hydrogen) atoms. The van der Waals surface area contributed by atoms with Gasteiger partial charge in [-0.25, -0.2) is 0 Å². The molecule has 1 fully saturated rings. The van der Waals surface area contributed by atoms with Crippen LogP contribution in [0.25, 0.3) is 0 Å². The Morgan fingerprint density at radius 2 is 1.28 bits per heavy atom. The maximum absolute atomic E-state index is 11.0. The molecule has 0 amide bonds. The molecule has 4 atom stereocenters. The lowest BCUT2D eigenvalue weighted by molar-refractivity contribution is -0.194. The van der Waals surface area contributed by atoms with Gasteiger partial charge in [0.15, 0.2) is 6.10 Å². The maximum atomic E-state index is 11.0. The summed E-state index contributed by atoms with van der Waals surface area (Å²) in [6.45, 7) is 5.28. The van der Waals surface area contributed by atoms with Crippen LogP contribution in [-0.2, 0) is 33.3 Å². The van der Waals surface area contributed by atoms with Crippen molar-refractivity contribution in [2.24, 2.45) is 0 Å². The molecule has 0 spiro atoms.